The van der Waals surface area contributed by atoms with Gasteiger partial charge in [-0.1, -0.05) is 30.0 Å². The summed E-state index contributed by atoms with van der Waals surface area (Å²) < 4.78 is 23.7. The summed E-state index contributed by atoms with van der Waals surface area (Å²) in [4.78, 5) is 13.9. The van der Waals surface area contributed by atoms with E-state index >= 15 is 0 Å². The van der Waals surface area contributed by atoms with Crippen molar-refractivity contribution >= 4 is 46.6 Å². The molecule has 0 saturated carbocycles. The van der Waals surface area contributed by atoms with Crippen molar-refractivity contribution in [2.45, 2.75) is 29.1 Å². The van der Waals surface area contributed by atoms with Crippen LogP contribution in [0.4, 0.5) is 14.5 Å². The number of anilines is 1. The largest absolute Gasteiger partial charge is 0.326 e. The Morgan fingerprint density at radius 3 is 2.15 bits per heavy atom. The van der Waals surface area contributed by atoms with E-state index < -0.39 is 6.08 Å². The van der Waals surface area contributed by atoms with Crippen LogP contribution in [0.1, 0.15) is 19.3 Å². The maximum Gasteiger partial charge on any atom is 0.266 e. The molecule has 26 heavy (non-hydrogen) atoms. The number of carbonyl (C=O) groups is 1. The van der Waals surface area contributed by atoms with Gasteiger partial charge in [-0.05, 0) is 55.3 Å². The van der Waals surface area contributed by atoms with Gasteiger partial charge in [-0.25, -0.2) is 0 Å². The summed E-state index contributed by atoms with van der Waals surface area (Å²) in [7, 11) is 0. The number of rotatable bonds is 7. The molecule has 1 N–H and O–H groups in total. The number of unbranched alkanes of at least 4 members (excludes halogenated alkanes) is 1. The molecule has 0 heterocycles. The number of carbonyl (C=O) groups excluding carboxylic acids is 1. The van der Waals surface area contributed by atoms with E-state index in [1.54, 1.807) is 11.8 Å². The predicted molar refractivity (Wildman–Crippen MR) is 106 cm³/mol. The van der Waals surface area contributed by atoms with E-state index in [1.807, 2.05) is 54.6 Å². The topological polar surface area (TPSA) is 29.1 Å². The Hall–Kier alpha value is -1.56. The van der Waals surface area contributed by atoms with Gasteiger partial charge in [0.1, 0.15) is 0 Å². The molecule has 2 aromatic carbocycles. The van der Waals surface area contributed by atoms with Crippen LogP contribution in [0, 0.1) is 0 Å². The fourth-order valence-electron chi connectivity index (χ4n) is 1.93. The van der Waals surface area contributed by atoms with E-state index in [1.165, 1.54) is 0 Å². The zero-order valence-corrected chi connectivity index (χ0v) is 16.3. The molecule has 0 atom stereocenters. The quantitative estimate of drug-likeness (QED) is 0.382. The van der Waals surface area contributed by atoms with Crippen molar-refractivity contribution in [2.75, 3.05) is 10.7 Å². The number of allylic oxidation sites excluding steroid dienone is 1. The lowest BCUT2D eigenvalue weighted by atomic mass is 10.2. The molecule has 1 amide bonds. The lowest BCUT2D eigenvalue weighted by molar-refractivity contribution is -0.116. The molecule has 0 aliphatic heterocycles. The Balaban J connectivity index is 0.00000105. The molecule has 0 aliphatic rings. The fraction of sp³-hybridized carbons (Fsp3) is 0.211. The molecule has 0 unspecified atom stereocenters. The average Bonchev–Trinajstić information content (AvgIpc) is 2.62. The first-order chi connectivity index (χ1) is 12.5. The Labute approximate surface area is 166 Å². The molecule has 0 aliphatic carbocycles. The number of nitrogens with one attached hydrogen (secondary N) is 1. The third-order valence-electron chi connectivity index (χ3n) is 3.02. The summed E-state index contributed by atoms with van der Waals surface area (Å²) in [6.45, 7) is 0. The van der Waals surface area contributed by atoms with Gasteiger partial charge in [0.2, 0.25) is 5.91 Å². The maximum absolute atomic E-state index is 11.9. The summed E-state index contributed by atoms with van der Waals surface area (Å²) >= 11 is 11.2. The van der Waals surface area contributed by atoms with Gasteiger partial charge < -0.3 is 5.32 Å². The zero-order valence-electron chi connectivity index (χ0n) is 13.9. The normalized spacial score (nSPS) is 9.69. The van der Waals surface area contributed by atoms with Crippen molar-refractivity contribution in [3.63, 3.8) is 0 Å². The van der Waals surface area contributed by atoms with Crippen LogP contribution in [0.3, 0.4) is 0 Å². The number of alkyl halides is 2. The number of benzene rings is 2. The number of hydrogen-bond acceptors (Lipinski definition) is 2. The van der Waals surface area contributed by atoms with Gasteiger partial charge in [0.15, 0.2) is 0 Å². The van der Waals surface area contributed by atoms with Crippen molar-refractivity contribution in [3.8, 4) is 0 Å². The standard InChI is InChI=1S/C18H17F2NOS.CH2Cl2/c19-17(20)8-4-5-9-18(22)21-14-10-12-16(13-11-14)23-15-6-2-1-3-7-15;2-1-3/h1-3,6-8,10-13H,4-5,9H2,(H,21,22);1H2. The predicted octanol–water partition coefficient (Wildman–Crippen LogP) is 7.15. The molecule has 0 aromatic heterocycles. The second-order valence-corrected chi connectivity index (χ2v) is 6.93. The molecule has 7 heteroatoms. The van der Waals surface area contributed by atoms with Gasteiger partial charge in [0, 0.05) is 21.9 Å². The second kappa shape index (κ2) is 13.6. The van der Waals surface area contributed by atoms with E-state index in [0.29, 0.717) is 12.1 Å². The Morgan fingerprint density at radius 2 is 1.58 bits per heavy atom. The van der Waals surface area contributed by atoms with Gasteiger partial charge in [0.25, 0.3) is 6.08 Å². The molecule has 0 fully saturated rings. The van der Waals surface area contributed by atoms with Crippen LogP contribution in [-0.2, 0) is 4.79 Å². The van der Waals surface area contributed by atoms with Crippen molar-refractivity contribution in [3.05, 3.63) is 66.8 Å². The Kier molecular flexibility index (Phi) is 11.8. The molecular weight excluding hydrogens is 399 g/mol. The van der Waals surface area contributed by atoms with E-state index in [4.69, 9.17) is 23.2 Å². The summed E-state index contributed by atoms with van der Waals surface area (Å²) in [5.41, 5.74) is 0.708. The highest BCUT2D eigenvalue weighted by Gasteiger charge is 2.03. The Bertz CT molecular complexity index is 678. The van der Waals surface area contributed by atoms with Crippen LogP contribution < -0.4 is 5.32 Å². The third-order valence-corrected chi connectivity index (χ3v) is 4.04. The molecule has 140 valence electrons. The number of hydrogen-bond donors (Lipinski definition) is 1. The maximum atomic E-state index is 11.9. The lowest BCUT2D eigenvalue weighted by Crippen LogP contribution is -2.10. The smallest absolute Gasteiger partial charge is 0.266 e. The van der Waals surface area contributed by atoms with Gasteiger partial charge in [-0.2, -0.15) is 8.78 Å². The van der Waals surface area contributed by atoms with Crippen LogP contribution >= 0.6 is 35.0 Å². The minimum absolute atomic E-state index is 0.166. The summed E-state index contributed by atoms with van der Waals surface area (Å²) in [6.07, 6.45) is -0.0161. The van der Waals surface area contributed by atoms with E-state index in [0.717, 1.165) is 15.9 Å². The summed E-state index contributed by atoms with van der Waals surface area (Å²) in [6, 6.07) is 17.6. The van der Waals surface area contributed by atoms with Gasteiger partial charge in [-0.3, -0.25) is 4.79 Å². The van der Waals surface area contributed by atoms with Crippen molar-refractivity contribution < 1.29 is 13.6 Å². The van der Waals surface area contributed by atoms with Crippen molar-refractivity contribution in [2.24, 2.45) is 0 Å². The monoisotopic (exact) mass is 417 g/mol. The van der Waals surface area contributed by atoms with Crippen LogP contribution in [0.25, 0.3) is 0 Å². The highest BCUT2D eigenvalue weighted by molar-refractivity contribution is 7.99. The van der Waals surface area contributed by atoms with Crippen LogP contribution in [0.15, 0.2) is 76.5 Å². The highest BCUT2D eigenvalue weighted by atomic mass is 35.5. The molecule has 0 bridgehead atoms. The first-order valence-corrected chi connectivity index (χ1v) is 9.69. The molecule has 0 saturated heterocycles. The van der Waals surface area contributed by atoms with E-state index in [2.05, 4.69) is 5.32 Å². The second-order valence-electron chi connectivity index (χ2n) is 4.97. The van der Waals surface area contributed by atoms with Gasteiger partial charge >= 0.3 is 0 Å². The number of halogens is 4. The molecule has 2 nitrogen and oxygen atoms in total. The van der Waals surface area contributed by atoms with Crippen LogP contribution in [0.5, 0.6) is 0 Å². The fourth-order valence-corrected chi connectivity index (χ4v) is 2.77. The van der Waals surface area contributed by atoms with Crippen molar-refractivity contribution in [1.29, 1.82) is 0 Å². The first-order valence-electron chi connectivity index (χ1n) is 7.81. The highest BCUT2D eigenvalue weighted by Crippen LogP contribution is 2.28. The van der Waals surface area contributed by atoms with Gasteiger partial charge in [0.05, 0.1) is 5.34 Å². The minimum atomic E-state index is -1.70. The molecule has 0 spiro atoms. The van der Waals surface area contributed by atoms with Crippen LogP contribution in [-0.4, -0.2) is 11.2 Å². The SMILES string of the molecule is ClCCl.O=C(CCCC=C(F)F)Nc1ccc(Sc2ccccc2)cc1. The third kappa shape index (κ3) is 10.4. The molecule has 2 rings (SSSR count). The summed E-state index contributed by atoms with van der Waals surface area (Å²) in [5, 5.41) is 2.96. The molecule has 2 aromatic rings. The van der Waals surface area contributed by atoms with E-state index in [-0.39, 0.29) is 24.1 Å². The lowest BCUT2D eigenvalue weighted by Gasteiger charge is -2.06. The average molecular weight is 418 g/mol. The zero-order chi connectivity index (χ0) is 19.2. The number of amides is 1. The summed E-state index contributed by atoms with van der Waals surface area (Å²) in [5.74, 6) is -0.166. The molecule has 0 radical (unpaired) electrons. The minimum Gasteiger partial charge on any atom is -0.326 e. The van der Waals surface area contributed by atoms with E-state index in [9.17, 15) is 13.6 Å². The first kappa shape index (κ1) is 22.5. The van der Waals surface area contributed by atoms with Crippen LogP contribution in [0.2, 0.25) is 0 Å². The van der Waals surface area contributed by atoms with Gasteiger partial charge in [-0.15, -0.1) is 23.2 Å². The molecular formula is C19H19Cl2F2NOS. The van der Waals surface area contributed by atoms with Crippen molar-refractivity contribution in [1.82, 2.24) is 0 Å². The Morgan fingerprint density at radius 1 is 1.00 bits per heavy atom.